The van der Waals surface area contributed by atoms with Crippen LogP contribution in [0.5, 0.6) is 0 Å². The van der Waals surface area contributed by atoms with Crippen LogP contribution in [0.3, 0.4) is 0 Å². The van der Waals surface area contributed by atoms with Crippen LogP contribution < -0.4 is 15.5 Å². The van der Waals surface area contributed by atoms with Gasteiger partial charge in [-0.15, -0.1) is 0 Å². The van der Waals surface area contributed by atoms with Crippen LogP contribution in [0.25, 0.3) is 11.1 Å². The van der Waals surface area contributed by atoms with Gasteiger partial charge >= 0.3 is 0 Å². The van der Waals surface area contributed by atoms with Gasteiger partial charge in [0, 0.05) is 24.7 Å². The van der Waals surface area contributed by atoms with Crippen molar-refractivity contribution in [3.05, 3.63) is 53.6 Å². The van der Waals surface area contributed by atoms with Crippen LogP contribution in [-0.2, 0) is 6.42 Å². The summed E-state index contributed by atoms with van der Waals surface area (Å²) in [5, 5.41) is 6.45. The second-order valence-corrected chi connectivity index (χ2v) is 7.59. The van der Waals surface area contributed by atoms with Crippen LogP contribution in [-0.4, -0.2) is 32.1 Å². The minimum absolute atomic E-state index is 0.0211. The number of benzene rings is 2. The van der Waals surface area contributed by atoms with E-state index in [0.717, 1.165) is 56.6 Å². The molecule has 0 saturated carbocycles. The Balaban J connectivity index is 1.41. The maximum Gasteiger partial charge on any atom is 0.251 e. The van der Waals surface area contributed by atoms with Crippen molar-refractivity contribution in [1.82, 2.24) is 10.6 Å². The molecule has 0 radical (unpaired) electrons. The van der Waals surface area contributed by atoms with Gasteiger partial charge in [-0.3, -0.25) is 4.79 Å². The number of fused-ring (bicyclic) bond motifs is 1. The first-order valence-corrected chi connectivity index (χ1v) is 10.2. The number of rotatable bonds is 4. The summed E-state index contributed by atoms with van der Waals surface area (Å²) < 4.78 is 0. The van der Waals surface area contributed by atoms with Crippen LogP contribution in [0, 0.1) is 17.9 Å². The summed E-state index contributed by atoms with van der Waals surface area (Å²) in [5.41, 5.74) is 5.60. The molecule has 0 aliphatic carbocycles. The number of carbonyl (C=O) groups is 1. The standard InChI is InChI=1S/C24H27N3O/c1-2-14-27-15-11-22-16-21(7-8-23(22)27)19-3-5-20(6-4-19)24(28)26-17-18-9-12-25-13-10-18/h3-8,16,18,25H,9-13,15,17H2,1H3,(H,26,28). The van der Waals surface area contributed by atoms with Gasteiger partial charge in [0.25, 0.3) is 5.91 Å². The molecule has 0 atom stereocenters. The van der Waals surface area contributed by atoms with E-state index in [1.165, 1.54) is 16.8 Å². The van der Waals surface area contributed by atoms with Gasteiger partial charge in [-0.1, -0.05) is 24.1 Å². The summed E-state index contributed by atoms with van der Waals surface area (Å²) in [7, 11) is 0. The molecule has 144 valence electrons. The lowest BCUT2D eigenvalue weighted by Gasteiger charge is -2.22. The predicted molar refractivity (Wildman–Crippen MR) is 114 cm³/mol. The fourth-order valence-electron chi connectivity index (χ4n) is 4.07. The zero-order valence-electron chi connectivity index (χ0n) is 16.4. The van der Waals surface area contributed by atoms with E-state index in [4.69, 9.17) is 0 Å². The molecule has 0 unspecified atom stereocenters. The first-order valence-electron chi connectivity index (χ1n) is 10.2. The third-order valence-corrected chi connectivity index (χ3v) is 5.71. The first kappa shape index (κ1) is 18.6. The molecular weight excluding hydrogens is 346 g/mol. The second-order valence-electron chi connectivity index (χ2n) is 7.59. The van der Waals surface area contributed by atoms with Gasteiger partial charge in [-0.05, 0) is 86.1 Å². The van der Waals surface area contributed by atoms with Crippen molar-refractivity contribution < 1.29 is 4.79 Å². The van der Waals surface area contributed by atoms with Crippen molar-refractivity contribution in [2.24, 2.45) is 5.92 Å². The average molecular weight is 374 g/mol. The highest BCUT2D eigenvalue weighted by molar-refractivity contribution is 5.94. The minimum atomic E-state index is 0.0211. The largest absolute Gasteiger partial charge is 0.352 e. The average Bonchev–Trinajstić information content (AvgIpc) is 3.15. The summed E-state index contributed by atoms with van der Waals surface area (Å²) in [6, 6.07) is 17.6. The Kier molecular flexibility index (Phi) is 5.64. The lowest BCUT2D eigenvalue weighted by Crippen LogP contribution is -2.35. The number of amides is 1. The van der Waals surface area contributed by atoms with E-state index in [2.05, 4.69) is 45.7 Å². The van der Waals surface area contributed by atoms with Crippen molar-refractivity contribution >= 4 is 11.6 Å². The SMILES string of the molecule is CC#CN1CCc2cc(-c3ccc(C(=O)NCC4CCNCC4)cc3)ccc21. The van der Waals surface area contributed by atoms with Gasteiger partial charge in [0.1, 0.15) is 0 Å². The molecule has 1 amide bonds. The van der Waals surface area contributed by atoms with Gasteiger partial charge < -0.3 is 15.5 Å². The van der Waals surface area contributed by atoms with E-state index >= 15 is 0 Å². The Morgan fingerprint density at radius 3 is 2.64 bits per heavy atom. The smallest absolute Gasteiger partial charge is 0.251 e. The van der Waals surface area contributed by atoms with Crippen molar-refractivity contribution in [1.29, 1.82) is 0 Å². The zero-order valence-corrected chi connectivity index (χ0v) is 16.4. The Morgan fingerprint density at radius 2 is 1.89 bits per heavy atom. The maximum atomic E-state index is 12.4. The van der Waals surface area contributed by atoms with Crippen molar-refractivity contribution in [2.75, 3.05) is 31.1 Å². The number of hydrogen-bond acceptors (Lipinski definition) is 3. The van der Waals surface area contributed by atoms with Crippen LogP contribution in [0.2, 0.25) is 0 Å². The molecule has 2 heterocycles. The number of carbonyl (C=O) groups excluding carboxylic acids is 1. The van der Waals surface area contributed by atoms with E-state index in [9.17, 15) is 4.79 Å². The van der Waals surface area contributed by atoms with Crippen molar-refractivity contribution in [3.8, 4) is 23.1 Å². The summed E-state index contributed by atoms with van der Waals surface area (Å²) in [5.74, 6) is 3.59. The van der Waals surface area contributed by atoms with Crippen molar-refractivity contribution in [2.45, 2.75) is 26.2 Å². The van der Waals surface area contributed by atoms with Crippen LogP contribution in [0.15, 0.2) is 42.5 Å². The topological polar surface area (TPSA) is 44.4 Å². The van der Waals surface area contributed by atoms with Gasteiger partial charge in [0.05, 0.1) is 5.69 Å². The van der Waals surface area contributed by atoms with Gasteiger partial charge in [-0.25, -0.2) is 0 Å². The summed E-state index contributed by atoms with van der Waals surface area (Å²) in [4.78, 5) is 14.6. The number of nitrogens with zero attached hydrogens (tertiary/aromatic N) is 1. The number of piperidine rings is 1. The molecule has 4 nitrogen and oxygen atoms in total. The molecule has 2 aromatic carbocycles. The molecule has 1 fully saturated rings. The highest BCUT2D eigenvalue weighted by Gasteiger charge is 2.18. The molecule has 4 rings (SSSR count). The Morgan fingerprint density at radius 1 is 1.14 bits per heavy atom. The van der Waals surface area contributed by atoms with E-state index < -0.39 is 0 Å². The Labute approximate surface area is 167 Å². The summed E-state index contributed by atoms with van der Waals surface area (Å²) in [6.07, 6.45) is 3.30. The first-order chi connectivity index (χ1) is 13.7. The molecule has 2 aliphatic heterocycles. The molecule has 1 saturated heterocycles. The zero-order chi connectivity index (χ0) is 19.3. The van der Waals surface area contributed by atoms with Gasteiger partial charge in [-0.2, -0.15) is 0 Å². The van der Waals surface area contributed by atoms with E-state index in [0.29, 0.717) is 5.92 Å². The van der Waals surface area contributed by atoms with Crippen LogP contribution in [0.1, 0.15) is 35.7 Å². The third-order valence-electron chi connectivity index (χ3n) is 5.71. The molecule has 4 heteroatoms. The van der Waals surface area contributed by atoms with Crippen molar-refractivity contribution in [3.63, 3.8) is 0 Å². The molecule has 2 aliphatic rings. The van der Waals surface area contributed by atoms with Gasteiger partial charge in [0.2, 0.25) is 0 Å². The highest BCUT2D eigenvalue weighted by atomic mass is 16.1. The number of hydrogen-bond donors (Lipinski definition) is 2. The molecule has 0 spiro atoms. The van der Waals surface area contributed by atoms with Crippen LogP contribution in [0.4, 0.5) is 5.69 Å². The van der Waals surface area contributed by atoms with Gasteiger partial charge in [0.15, 0.2) is 0 Å². The fraction of sp³-hybridized carbons (Fsp3) is 0.375. The fourth-order valence-corrected chi connectivity index (χ4v) is 4.07. The monoisotopic (exact) mass is 373 g/mol. The van der Waals surface area contributed by atoms with Crippen LogP contribution >= 0.6 is 0 Å². The number of anilines is 1. The Bertz CT molecular complexity index is 902. The minimum Gasteiger partial charge on any atom is -0.352 e. The Hall–Kier alpha value is -2.77. The quantitative estimate of drug-likeness (QED) is 0.807. The highest BCUT2D eigenvalue weighted by Crippen LogP contribution is 2.32. The molecule has 0 bridgehead atoms. The lowest BCUT2D eigenvalue weighted by atomic mass is 9.98. The molecule has 0 aromatic heterocycles. The molecule has 28 heavy (non-hydrogen) atoms. The predicted octanol–water partition coefficient (Wildman–Crippen LogP) is 3.43. The molecule has 2 aromatic rings. The van der Waals surface area contributed by atoms with E-state index in [-0.39, 0.29) is 5.91 Å². The summed E-state index contributed by atoms with van der Waals surface area (Å²) >= 11 is 0. The molecular formula is C24H27N3O. The molecule has 2 N–H and O–H groups in total. The van der Waals surface area contributed by atoms with E-state index in [1.807, 2.05) is 31.2 Å². The second kappa shape index (κ2) is 8.50. The van der Waals surface area contributed by atoms with E-state index in [1.54, 1.807) is 0 Å². The normalized spacial score (nSPS) is 16.2. The summed E-state index contributed by atoms with van der Waals surface area (Å²) in [6.45, 7) is 5.70. The lowest BCUT2D eigenvalue weighted by molar-refractivity contribution is 0.0944. The third kappa shape index (κ3) is 4.05. The maximum absolute atomic E-state index is 12.4. The number of nitrogens with one attached hydrogen (secondary N) is 2.